The van der Waals surface area contributed by atoms with Crippen molar-refractivity contribution in [3.63, 3.8) is 0 Å². The Morgan fingerprint density at radius 2 is 0.812 bits per heavy atom. The van der Waals surface area contributed by atoms with Crippen LogP contribution in [0, 0.1) is 0 Å². The molecule has 0 aromatic rings. The van der Waals surface area contributed by atoms with Gasteiger partial charge in [-0.3, -0.25) is 0 Å². The molecule has 0 aromatic carbocycles. The van der Waals surface area contributed by atoms with Crippen LogP contribution in [-0.4, -0.2) is 22.4 Å². The summed E-state index contributed by atoms with van der Waals surface area (Å²) < 4.78 is 0. The third-order valence-corrected chi connectivity index (χ3v) is 8.69. The van der Waals surface area contributed by atoms with E-state index in [1.165, 1.54) is 118 Å². The van der Waals surface area contributed by atoms with E-state index in [1.807, 2.05) is 6.08 Å². The van der Waals surface area contributed by atoms with Gasteiger partial charge in [-0.2, -0.15) is 0 Å². The largest absolute Gasteiger partial charge is 0.392 e. The lowest BCUT2D eigenvalue weighted by molar-refractivity contribution is 0.103. The van der Waals surface area contributed by atoms with Crippen molar-refractivity contribution in [2.45, 2.75) is 216 Å². The van der Waals surface area contributed by atoms with Gasteiger partial charge in [0.25, 0.3) is 0 Å². The standard InChI is InChI=1S/C16H34.2C15H26O/c1-3-5-7-9-11-13-15-16-14-12-10-8-6-4-2;1-13(2)7-5-8-14(3)9-6-10-15(4)11-12-16;1-6-15(5,16)12-8-11-14(4)10-7-9-13(2)3/h3-16H2,1-2H3;7,9,11,16H,5-6,8,10,12H2,1-4H3;6,9,11,16H,1,7-8,10,12H2,2-5H3/b;14-9+,15-11?;14-11+. The lowest BCUT2D eigenvalue weighted by atomic mass is 9.99. The first-order valence-corrected chi connectivity index (χ1v) is 20.0. The smallest absolute Gasteiger partial charge is 0.0800 e. The molecule has 0 bridgehead atoms. The molecule has 282 valence electrons. The quantitative estimate of drug-likeness (QED) is 0.0674. The van der Waals surface area contributed by atoms with Gasteiger partial charge in [0.15, 0.2) is 0 Å². The molecule has 0 amide bonds. The summed E-state index contributed by atoms with van der Waals surface area (Å²) in [4.78, 5) is 0. The number of hydrogen-bond acceptors (Lipinski definition) is 2. The van der Waals surface area contributed by atoms with E-state index in [4.69, 9.17) is 5.11 Å². The zero-order chi connectivity index (χ0) is 36.9. The predicted molar refractivity (Wildman–Crippen MR) is 221 cm³/mol. The SMILES string of the molecule is C=CC(C)(O)CC/C=C(\C)CCC=C(C)C.CC(C)=CCC/C(C)=C/CCC(C)=CCO.CCCCCCCCCCCCCCCC. The molecule has 0 fully saturated rings. The molecule has 0 radical (unpaired) electrons. The fraction of sp³-hybridized carbons (Fsp3) is 0.739. The average Bonchev–Trinajstić information content (AvgIpc) is 3.02. The second kappa shape index (κ2) is 38.2. The van der Waals surface area contributed by atoms with Gasteiger partial charge in [0.1, 0.15) is 0 Å². The van der Waals surface area contributed by atoms with Crippen molar-refractivity contribution in [1.29, 1.82) is 0 Å². The van der Waals surface area contributed by atoms with Crippen LogP contribution in [0.1, 0.15) is 210 Å². The van der Waals surface area contributed by atoms with Crippen molar-refractivity contribution >= 4 is 0 Å². The highest BCUT2D eigenvalue weighted by Crippen LogP contribution is 2.16. The van der Waals surface area contributed by atoms with E-state index in [1.54, 1.807) is 13.0 Å². The van der Waals surface area contributed by atoms with E-state index < -0.39 is 5.60 Å². The van der Waals surface area contributed by atoms with Gasteiger partial charge in [0.2, 0.25) is 0 Å². The third kappa shape index (κ3) is 46.5. The Labute approximate surface area is 303 Å². The number of aliphatic hydroxyl groups excluding tert-OH is 1. The molecule has 1 unspecified atom stereocenters. The van der Waals surface area contributed by atoms with Gasteiger partial charge in [-0.1, -0.05) is 168 Å². The van der Waals surface area contributed by atoms with Crippen molar-refractivity contribution < 1.29 is 10.2 Å². The molecule has 0 aliphatic rings. The monoisotopic (exact) mass is 671 g/mol. The lowest BCUT2D eigenvalue weighted by Crippen LogP contribution is -2.19. The van der Waals surface area contributed by atoms with Gasteiger partial charge in [-0.05, 0) is 107 Å². The Bertz CT molecular complexity index is 842. The minimum absolute atomic E-state index is 0.162. The fourth-order valence-electron chi connectivity index (χ4n) is 5.17. The van der Waals surface area contributed by atoms with Crippen LogP contribution >= 0.6 is 0 Å². The van der Waals surface area contributed by atoms with E-state index in [0.29, 0.717) is 0 Å². The zero-order valence-electron chi connectivity index (χ0n) is 34.3. The second-order valence-corrected chi connectivity index (χ2v) is 14.9. The lowest BCUT2D eigenvalue weighted by Gasteiger charge is -2.16. The molecular weight excluding hydrogens is 585 g/mol. The van der Waals surface area contributed by atoms with Gasteiger partial charge in [0, 0.05) is 0 Å². The molecule has 2 heteroatoms. The predicted octanol–water partition coefficient (Wildman–Crippen LogP) is 15.3. The first kappa shape index (κ1) is 50.7. The van der Waals surface area contributed by atoms with E-state index in [9.17, 15) is 5.11 Å². The summed E-state index contributed by atoms with van der Waals surface area (Å²) in [6.07, 6.45) is 41.3. The van der Waals surface area contributed by atoms with E-state index in [0.717, 1.165) is 51.4 Å². The Morgan fingerprint density at radius 1 is 0.500 bits per heavy atom. The third-order valence-electron chi connectivity index (χ3n) is 8.69. The number of rotatable bonds is 27. The maximum absolute atomic E-state index is 9.73. The van der Waals surface area contributed by atoms with Crippen molar-refractivity contribution in [3.05, 3.63) is 70.9 Å². The van der Waals surface area contributed by atoms with E-state index >= 15 is 0 Å². The highest BCUT2D eigenvalue weighted by atomic mass is 16.3. The molecule has 0 aliphatic heterocycles. The Morgan fingerprint density at radius 3 is 1.12 bits per heavy atom. The molecule has 0 saturated heterocycles. The molecule has 2 nitrogen and oxygen atoms in total. The number of allylic oxidation sites excluding steroid dienone is 9. The topological polar surface area (TPSA) is 40.5 Å². The Balaban J connectivity index is -0.000000633. The molecule has 0 aliphatic carbocycles. The number of aliphatic hydroxyl groups is 2. The summed E-state index contributed by atoms with van der Waals surface area (Å²) in [6, 6.07) is 0. The van der Waals surface area contributed by atoms with Crippen LogP contribution in [0.25, 0.3) is 0 Å². The highest BCUT2D eigenvalue weighted by Gasteiger charge is 2.13. The van der Waals surface area contributed by atoms with E-state index in [2.05, 4.69) is 93.2 Å². The average molecular weight is 671 g/mol. The van der Waals surface area contributed by atoms with E-state index in [-0.39, 0.29) is 6.61 Å². The summed E-state index contributed by atoms with van der Waals surface area (Å²) in [5.74, 6) is 0. The second-order valence-electron chi connectivity index (χ2n) is 14.9. The van der Waals surface area contributed by atoms with Gasteiger partial charge in [-0.25, -0.2) is 0 Å². The molecule has 0 spiro atoms. The molecule has 0 saturated carbocycles. The van der Waals surface area contributed by atoms with Gasteiger partial charge < -0.3 is 10.2 Å². The number of unbranched alkanes of at least 4 members (excludes halogenated alkanes) is 13. The summed E-state index contributed by atoms with van der Waals surface area (Å²) in [7, 11) is 0. The van der Waals surface area contributed by atoms with Crippen molar-refractivity contribution in [3.8, 4) is 0 Å². The minimum Gasteiger partial charge on any atom is -0.392 e. The minimum atomic E-state index is -0.726. The Hall–Kier alpha value is -1.64. The zero-order valence-corrected chi connectivity index (χ0v) is 34.3. The van der Waals surface area contributed by atoms with Gasteiger partial charge >= 0.3 is 0 Å². The van der Waals surface area contributed by atoms with Crippen LogP contribution in [0.15, 0.2) is 70.9 Å². The Kier molecular flexibility index (Phi) is 40.3. The molecule has 2 N–H and O–H groups in total. The van der Waals surface area contributed by atoms with Crippen molar-refractivity contribution in [2.24, 2.45) is 0 Å². The van der Waals surface area contributed by atoms with Gasteiger partial charge in [-0.15, -0.1) is 6.58 Å². The van der Waals surface area contributed by atoms with Crippen LogP contribution in [0.5, 0.6) is 0 Å². The van der Waals surface area contributed by atoms with Crippen molar-refractivity contribution in [1.82, 2.24) is 0 Å². The highest BCUT2D eigenvalue weighted by molar-refractivity contribution is 5.06. The fourth-order valence-corrected chi connectivity index (χ4v) is 5.17. The maximum Gasteiger partial charge on any atom is 0.0800 e. The summed E-state index contributed by atoms with van der Waals surface area (Å²) in [5.41, 5.74) is 6.19. The normalized spacial score (nSPS) is 13.0. The van der Waals surface area contributed by atoms with Crippen LogP contribution < -0.4 is 0 Å². The molecular formula is C46H86O2. The first-order chi connectivity index (χ1) is 22.8. The van der Waals surface area contributed by atoms with Crippen molar-refractivity contribution in [2.75, 3.05) is 6.61 Å². The molecule has 48 heavy (non-hydrogen) atoms. The summed E-state index contributed by atoms with van der Waals surface area (Å²) in [6.45, 7) is 25.1. The first-order valence-electron chi connectivity index (χ1n) is 20.0. The summed E-state index contributed by atoms with van der Waals surface area (Å²) >= 11 is 0. The van der Waals surface area contributed by atoms with Gasteiger partial charge in [0.05, 0.1) is 12.2 Å². The maximum atomic E-state index is 9.73. The van der Waals surface area contributed by atoms with Crippen LogP contribution in [-0.2, 0) is 0 Å². The van der Waals surface area contributed by atoms with Crippen LogP contribution in [0.2, 0.25) is 0 Å². The van der Waals surface area contributed by atoms with Crippen LogP contribution in [0.4, 0.5) is 0 Å². The molecule has 0 aromatic heterocycles. The molecule has 0 rings (SSSR count). The molecule has 1 atom stereocenters. The number of hydrogen-bond donors (Lipinski definition) is 2. The molecule has 0 heterocycles. The van der Waals surface area contributed by atoms with Crippen LogP contribution in [0.3, 0.4) is 0 Å². The summed E-state index contributed by atoms with van der Waals surface area (Å²) in [5, 5.41) is 18.4.